The van der Waals surface area contributed by atoms with Crippen LogP contribution in [0.5, 0.6) is 0 Å². The molecule has 1 saturated heterocycles. The Morgan fingerprint density at radius 1 is 0.958 bits per heavy atom. The van der Waals surface area contributed by atoms with E-state index in [-0.39, 0.29) is 26.2 Å². The van der Waals surface area contributed by atoms with Crippen molar-refractivity contribution in [2.75, 3.05) is 32.7 Å². The first-order valence-corrected chi connectivity index (χ1v) is 7.37. The van der Waals surface area contributed by atoms with Gasteiger partial charge in [-0.15, -0.1) is 0 Å². The molecule has 24 heavy (non-hydrogen) atoms. The van der Waals surface area contributed by atoms with Crippen molar-refractivity contribution in [1.29, 1.82) is 0 Å². The smallest absolute Gasteiger partial charge is 0.326 e. The minimum absolute atomic E-state index is 0.246. The highest BCUT2D eigenvalue weighted by Crippen LogP contribution is 2.16. The number of hydrogen-bond acceptors (Lipinski definition) is 6. The zero-order valence-corrected chi connectivity index (χ0v) is 13.0. The van der Waals surface area contributed by atoms with E-state index < -0.39 is 35.6 Å². The largest absolute Gasteiger partial charge is 0.480 e. The monoisotopic (exact) mass is 343 g/mol. The second-order valence-corrected chi connectivity index (χ2v) is 5.12. The average molecular weight is 343 g/mol. The number of carbonyl (C=O) groups is 5. The summed E-state index contributed by atoms with van der Waals surface area (Å²) in [6.45, 7) is -0.932. The summed E-state index contributed by atoms with van der Waals surface area (Å²) in [6, 6.07) is -0.861. The van der Waals surface area contributed by atoms with Crippen molar-refractivity contribution in [2.24, 2.45) is 5.73 Å². The van der Waals surface area contributed by atoms with Crippen molar-refractivity contribution < 1.29 is 29.1 Å². The van der Waals surface area contributed by atoms with Crippen molar-refractivity contribution in [3.8, 4) is 0 Å². The summed E-state index contributed by atoms with van der Waals surface area (Å²) in [7, 11) is 0. The molecule has 0 aromatic rings. The van der Waals surface area contributed by atoms with Gasteiger partial charge >= 0.3 is 5.97 Å². The molecule has 1 atom stereocenters. The molecule has 11 nitrogen and oxygen atoms in total. The zero-order chi connectivity index (χ0) is 18.1. The Morgan fingerprint density at radius 3 is 2.04 bits per heavy atom. The highest BCUT2D eigenvalue weighted by atomic mass is 16.4. The number of nitrogens with one attached hydrogen (secondary N) is 3. The number of aliphatic carboxylic acids is 1. The lowest BCUT2D eigenvalue weighted by Gasteiger charge is -2.21. The fraction of sp³-hybridized carbons (Fsp3) is 0.615. The molecular formula is C13H21N5O6. The lowest BCUT2D eigenvalue weighted by molar-refractivity contribution is -0.148. The number of rotatable bonds is 8. The average Bonchev–Trinajstić information content (AvgIpc) is 3.05. The van der Waals surface area contributed by atoms with Crippen molar-refractivity contribution in [1.82, 2.24) is 20.9 Å². The summed E-state index contributed by atoms with van der Waals surface area (Å²) in [6.07, 6.45) is 0.987. The maximum Gasteiger partial charge on any atom is 0.326 e. The van der Waals surface area contributed by atoms with E-state index in [9.17, 15) is 24.0 Å². The topological polar surface area (TPSA) is 171 Å². The lowest BCUT2D eigenvalue weighted by Crippen LogP contribution is -2.47. The summed E-state index contributed by atoms with van der Waals surface area (Å²) >= 11 is 0. The van der Waals surface area contributed by atoms with Crippen LogP contribution in [0, 0.1) is 0 Å². The Labute approximate surface area is 137 Å². The van der Waals surface area contributed by atoms with Gasteiger partial charge in [0.15, 0.2) is 0 Å². The van der Waals surface area contributed by atoms with Crippen LogP contribution in [0.2, 0.25) is 0 Å². The summed E-state index contributed by atoms with van der Waals surface area (Å²) < 4.78 is 0. The molecule has 0 aliphatic carbocycles. The molecule has 0 aromatic carbocycles. The van der Waals surface area contributed by atoms with Crippen molar-refractivity contribution in [2.45, 2.75) is 18.9 Å². The van der Waals surface area contributed by atoms with Crippen LogP contribution in [0.25, 0.3) is 0 Å². The second-order valence-electron chi connectivity index (χ2n) is 5.12. The molecule has 0 aromatic heterocycles. The molecule has 0 saturated carbocycles. The molecule has 1 heterocycles. The SMILES string of the molecule is NCC(=O)NCC(=O)NCC(=O)NCC(=O)N1CCC[C@H]1C(=O)O. The first-order valence-electron chi connectivity index (χ1n) is 7.37. The molecule has 1 rings (SSSR count). The van der Waals surface area contributed by atoms with Gasteiger partial charge in [-0.05, 0) is 12.8 Å². The molecule has 134 valence electrons. The van der Waals surface area contributed by atoms with Crippen LogP contribution in [0.1, 0.15) is 12.8 Å². The standard InChI is InChI=1S/C13H21N5O6/c14-4-9(19)15-5-10(20)16-6-11(21)17-7-12(22)18-3-1-2-8(18)13(23)24/h8H,1-7,14H2,(H,15,19)(H,16,20)(H,17,21)(H,23,24)/t8-/m0/s1. The van der Waals surface area contributed by atoms with E-state index in [1.54, 1.807) is 0 Å². The van der Waals surface area contributed by atoms with E-state index in [0.29, 0.717) is 19.4 Å². The Kier molecular flexibility index (Phi) is 7.62. The number of amides is 4. The van der Waals surface area contributed by atoms with E-state index in [1.807, 2.05) is 0 Å². The highest BCUT2D eigenvalue weighted by molar-refractivity contribution is 5.91. The van der Waals surface area contributed by atoms with E-state index in [0.717, 1.165) is 0 Å². The molecular weight excluding hydrogens is 322 g/mol. The van der Waals surface area contributed by atoms with Crippen LogP contribution in [0.4, 0.5) is 0 Å². The first-order chi connectivity index (χ1) is 11.3. The number of nitrogens with two attached hydrogens (primary N) is 1. The maximum absolute atomic E-state index is 11.9. The molecule has 0 spiro atoms. The molecule has 1 aliphatic heterocycles. The van der Waals surface area contributed by atoms with Gasteiger partial charge < -0.3 is 31.7 Å². The molecule has 4 amide bonds. The fourth-order valence-electron chi connectivity index (χ4n) is 2.15. The van der Waals surface area contributed by atoms with E-state index in [1.165, 1.54) is 4.90 Å². The Balaban J connectivity index is 2.26. The van der Waals surface area contributed by atoms with Crippen LogP contribution >= 0.6 is 0 Å². The number of carbonyl (C=O) groups excluding carboxylic acids is 4. The van der Waals surface area contributed by atoms with Crippen molar-refractivity contribution in [3.05, 3.63) is 0 Å². The quantitative estimate of drug-likeness (QED) is 0.302. The molecule has 1 fully saturated rings. The van der Waals surface area contributed by atoms with Gasteiger partial charge in [-0.3, -0.25) is 19.2 Å². The number of hydrogen-bond donors (Lipinski definition) is 5. The molecule has 0 bridgehead atoms. The van der Waals surface area contributed by atoms with E-state index in [4.69, 9.17) is 10.8 Å². The number of carboxylic acid groups (broad SMARTS) is 1. The van der Waals surface area contributed by atoms with E-state index >= 15 is 0 Å². The Morgan fingerprint density at radius 2 is 1.50 bits per heavy atom. The highest BCUT2D eigenvalue weighted by Gasteiger charge is 2.33. The number of likely N-dealkylation sites (tertiary alicyclic amines) is 1. The Bertz CT molecular complexity index is 523. The van der Waals surface area contributed by atoms with Crippen LogP contribution in [-0.4, -0.2) is 78.4 Å². The van der Waals surface area contributed by atoms with Gasteiger partial charge in [-0.1, -0.05) is 0 Å². The van der Waals surface area contributed by atoms with Crippen molar-refractivity contribution >= 4 is 29.6 Å². The van der Waals surface area contributed by atoms with Crippen LogP contribution in [0.3, 0.4) is 0 Å². The normalized spacial score (nSPS) is 16.4. The third kappa shape index (κ3) is 6.20. The summed E-state index contributed by atoms with van der Waals surface area (Å²) in [5.41, 5.74) is 5.05. The van der Waals surface area contributed by atoms with Crippen LogP contribution in [0.15, 0.2) is 0 Å². The van der Waals surface area contributed by atoms with Gasteiger partial charge in [0, 0.05) is 6.54 Å². The minimum Gasteiger partial charge on any atom is -0.480 e. The molecule has 0 unspecified atom stereocenters. The summed E-state index contributed by atoms with van der Waals surface area (Å²) in [5.74, 6) is -3.25. The third-order valence-electron chi connectivity index (χ3n) is 3.37. The van der Waals surface area contributed by atoms with Gasteiger partial charge in [0.2, 0.25) is 23.6 Å². The van der Waals surface area contributed by atoms with Gasteiger partial charge in [-0.25, -0.2) is 4.79 Å². The van der Waals surface area contributed by atoms with Crippen molar-refractivity contribution in [3.63, 3.8) is 0 Å². The van der Waals surface area contributed by atoms with Gasteiger partial charge in [0.1, 0.15) is 6.04 Å². The van der Waals surface area contributed by atoms with Gasteiger partial charge in [0.25, 0.3) is 0 Å². The second kappa shape index (κ2) is 9.45. The predicted molar refractivity (Wildman–Crippen MR) is 80.5 cm³/mol. The first kappa shape index (κ1) is 19.4. The summed E-state index contributed by atoms with van der Waals surface area (Å²) in [5, 5.41) is 15.8. The fourth-order valence-corrected chi connectivity index (χ4v) is 2.15. The van der Waals surface area contributed by atoms with E-state index in [2.05, 4.69) is 16.0 Å². The molecule has 11 heteroatoms. The number of nitrogens with zero attached hydrogens (tertiary/aromatic N) is 1. The van der Waals surface area contributed by atoms with Gasteiger partial charge in [-0.2, -0.15) is 0 Å². The van der Waals surface area contributed by atoms with Gasteiger partial charge in [0.05, 0.1) is 26.2 Å². The molecule has 1 aliphatic rings. The maximum atomic E-state index is 11.9. The molecule has 0 radical (unpaired) electrons. The minimum atomic E-state index is -1.07. The predicted octanol–water partition coefficient (Wildman–Crippen LogP) is -3.63. The lowest BCUT2D eigenvalue weighted by atomic mass is 10.2. The Hall–Kier alpha value is -2.69. The zero-order valence-electron chi connectivity index (χ0n) is 13.0. The molecule has 6 N–H and O–H groups in total. The number of carboxylic acids is 1. The van der Waals surface area contributed by atoms with Crippen LogP contribution in [-0.2, 0) is 24.0 Å². The van der Waals surface area contributed by atoms with Crippen LogP contribution < -0.4 is 21.7 Å². The third-order valence-corrected chi connectivity index (χ3v) is 3.37. The summed E-state index contributed by atoms with van der Waals surface area (Å²) in [4.78, 5) is 57.9.